The Balaban J connectivity index is 0.00000312. The Labute approximate surface area is 168 Å². The summed E-state index contributed by atoms with van der Waals surface area (Å²) in [5.74, 6) is 1.02. The molecular weight excluding hydrogens is 427 g/mol. The number of likely N-dealkylation sites (tertiary alicyclic amines) is 1. The highest BCUT2D eigenvalue weighted by Gasteiger charge is 2.17. The number of hydrogen-bond acceptors (Lipinski definition) is 2. The van der Waals surface area contributed by atoms with Crippen molar-refractivity contribution in [3.05, 3.63) is 41.5 Å². The lowest BCUT2D eigenvalue weighted by atomic mass is 10.0. The van der Waals surface area contributed by atoms with Gasteiger partial charge in [-0.15, -0.1) is 24.0 Å². The highest BCUT2D eigenvalue weighted by molar-refractivity contribution is 14.0. The van der Waals surface area contributed by atoms with Gasteiger partial charge in [0.15, 0.2) is 5.96 Å². The second-order valence-corrected chi connectivity index (χ2v) is 6.21. The lowest BCUT2D eigenvalue weighted by Gasteiger charge is -2.31. The topological polar surface area (TPSA) is 47.9 Å². The second-order valence-electron chi connectivity index (χ2n) is 6.21. The van der Waals surface area contributed by atoms with E-state index in [0.29, 0.717) is 13.0 Å². The first-order valence-corrected chi connectivity index (χ1v) is 8.50. The molecule has 0 radical (unpaired) electrons. The quantitative estimate of drug-likeness (QED) is 0.431. The predicted molar refractivity (Wildman–Crippen MR) is 115 cm³/mol. The van der Waals surface area contributed by atoms with Gasteiger partial charge in [0.1, 0.15) is 0 Å². The summed E-state index contributed by atoms with van der Waals surface area (Å²) in [6.45, 7) is 2.53. The maximum atomic E-state index is 11.6. The molecule has 1 N–H and O–H groups in total. The van der Waals surface area contributed by atoms with Crippen LogP contribution in [-0.4, -0.2) is 62.4 Å². The first-order valence-electron chi connectivity index (χ1n) is 8.50. The SMILES string of the molecule is CN=C(NCCC(=O)N(C)C)N1CCC(=Cc2ccccc2)CC1.I. The fourth-order valence-electron chi connectivity index (χ4n) is 2.77. The molecule has 1 aliphatic rings. The van der Waals surface area contributed by atoms with Crippen LogP contribution in [0.5, 0.6) is 0 Å². The predicted octanol–water partition coefficient (Wildman–Crippen LogP) is 2.84. The minimum atomic E-state index is 0. The molecule has 1 heterocycles. The Bertz CT molecular complexity index is 589. The molecular formula is C19H29IN4O. The zero-order valence-electron chi connectivity index (χ0n) is 15.4. The number of halogens is 1. The molecule has 2 rings (SSSR count). The Kier molecular flexibility index (Phi) is 9.55. The van der Waals surface area contributed by atoms with E-state index in [2.05, 4.69) is 45.6 Å². The van der Waals surface area contributed by atoms with Gasteiger partial charge in [0, 0.05) is 47.2 Å². The molecule has 0 atom stereocenters. The average Bonchev–Trinajstić information content (AvgIpc) is 2.60. The third-order valence-electron chi connectivity index (χ3n) is 4.21. The number of carbonyl (C=O) groups is 1. The van der Waals surface area contributed by atoms with Gasteiger partial charge >= 0.3 is 0 Å². The van der Waals surface area contributed by atoms with E-state index in [1.807, 2.05) is 6.07 Å². The largest absolute Gasteiger partial charge is 0.356 e. The van der Waals surface area contributed by atoms with Gasteiger partial charge in [0.2, 0.25) is 5.91 Å². The molecule has 1 amide bonds. The average molecular weight is 456 g/mol. The van der Waals surface area contributed by atoms with Crippen molar-refractivity contribution in [2.75, 3.05) is 40.8 Å². The summed E-state index contributed by atoms with van der Waals surface area (Å²) < 4.78 is 0. The molecule has 1 fully saturated rings. The van der Waals surface area contributed by atoms with Crippen LogP contribution < -0.4 is 5.32 Å². The number of benzene rings is 1. The third-order valence-corrected chi connectivity index (χ3v) is 4.21. The van der Waals surface area contributed by atoms with Crippen LogP contribution in [0.2, 0.25) is 0 Å². The normalized spacial score (nSPS) is 14.6. The first-order chi connectivity index (χ1) is 11.6. The standard InChI is InChI=1S/C19H28N4O.HI/c1-20-19(21-12-9-18(24)22(2)3)23-13-10-17(11-14-23)15-16-7-5-4-6-8-16;/h4-8,15H,9-14H2,1-3H3,(H,20,21);1H. The first kappa shape index (κ1) is 21.5. The van der Waals surface area contributed by atoms with Gasteiger partial charge in [-0.25, -0.2) is 0 Å². The van der Waals surface area contributed by atoms with Crippen LogP contribution in [-0.2, 0) is 4.79 Å². The van der Waals surface area contributed by atoms with E-state index in [-0.39, 0.29) is 29.9 Å². The molecule has 6 heteroatoms. The summed E-state index contributed by atoms with van der Waals surface area (Å²) in [6, 6.07) is 10.5. The molecule has 0 spiro atoms. The van der Waals surface area contributed by atoms with Crippen molar-refractivity contribution in [1.82, 2.24) is 15.1 Å². The van der Waals surface area contributed by atoms with Gasteiger partial charge in [-0.3, -0.25) is 9.79 Å². The van der Waals surface area contributed by atoms with Crippen LogP contribution in [0.15, 0.2) is 40.9 Å². The maximum absolute atomic E-state index is 11.6. The van der Waals surface area contributed by atoms with Crippen molar-refractivity contribution >= 4 is 41.9 Å². The van der Waals surface area contributed by atoms with Gasteiger partial charge in [0.05, 0.1) is 0 Å². The lowest BCUT2D eigenvalue weighted by Crippen LogP contribution is -2.45. The van der Waals surface area contributed by atoms with E-state index in [0.717, 1.165) is 31.9 Å². The van der Waals surface area contributed by atoms with E-state index in [1.54, 1.807) is 26.0 Å². The zero-order chi connectivity index (χ0) is 17.4. The molecule has 1 aromatic carbocycles. The van der Waals surface area contributed by atoms with Crippen molar-refractivity contribution in [1.29, 1.82) is 0 Å². The Morgan fingerprint density at radius 3 is 2.44 bits per heavy atom. The molecule has 1 saturated heterocycles. The van der Waals surface area contributed by atoms with E-state index in [9.17, 15) is 4.79 Å². The number of nitrogens with zero attached hydrogens (tertiary/aromatic N) is 3. The van der Waals surface area contributed by atoms with Crippen molar-refractivity contribution in [3.63, 3.8) is 0 Å². The molecule has 0 saturated carbocycles. The summed E-state index contributed by atoms with van der Waals surface area (Å²) in [5.41, 5.74) is 2.75. The lowest BCUT2D eigenvalue weighted by molar-refractivity contribution is -0.128. The Morgan fingerprint density at radius 1 is 1.24 bits per heavy atom. The summed E-state index contributed by atoms with van der Waals surface area (Å²) >= 11 is 0. The Hall–Kier alpha value is -1.57. The molecule has 5 nitrogen and oxygen atoms in total. The van der Waals surface area contributed by atoms with Crippen molar-refractivity contribution in [2.45, 2.75) is 19.3 Å². The number of aliphatic imine (C=N–C) groups is 1. The molecule has 138 valence electrons. The third kappa shape index (κ3) is 7.05. The van der Waals surface area contributed by atoms with Gasteiger partial charge in [-0.1, -0.05) is 42.0 Å². The van der Waals surface area contributed by atoms with Gasteiger partial charge in [-0.2, -0.15) is 0 Å². The van der Waals surface area contributed by atoms with E-state index in [4.69, 9.17) is 0 Å². The summed E-state index contributed by atoms with van der Waals surface area (Å²) in [4.78, 5) is 19.9. The minimum Gasteiger partial charge on any atom is -0.356 e. The monoisotopic (exact) mass is 456 g/mol. The van der Waals surface area contributed by atoms with Gasteiger partial charge in [-0.05, 0) is 18.4 Å². The van der Waals surface area contributed by atoms with Crippen molar-refractivity contribution in [3.8, 4) is 0 Å². The van der Waals surface area contributed by atoms with Gasteiger partial charge < -0.3 is 15.1 Å². The summed E-state index contributed by atoms with van der Waals surface area (Å²) in [5, 5.41) is 3.30. The molecule has 0 aliphatic carbocycles. The van der Waals surface area contributed by atoms with E-state index < -0.39 is 0 Å². The highest BCUT2D eigenvalue weighted by Crippen LogP contribution is 2.19. The van der Waals surface area contributed by atoms with Crippen LogP contribution in [0.4, 0.5) is 0 Å². The van der Waals surface area contributed by atoms with Crippen LogP contribution in [0, 0.1) is 0 Å². The highest BCUT2D eigenvalue weighted by atomic mass is 127. The fraction of sp³-hybridized carbons (Fsp3) is 0.474. The fourth-order valence-corrected chi connectivity index (χ4v) is 2.77. The number of piperidine rings is 1. The number of hydrogen-bond donors (Lipinski definition) is 1. The number of nitrogens with one attached hydrogen (secondary N) is 1. The van der Waals surface area contributed by atoms with Gasteiger partial charge in [0.25, 0.3) is 0 Å². The Morgan fingerprint density at radius 2 is 1.88 bits per heavy atom. The van der Waals surface area contributed by atoms with Crippen molar-refractivity contribution < 1.29 is 4.79 Å². The number of carbonyl (C=O) groups excluding carboxylic acids is 1. The van der Waals surface area contributed by atoms with Crippen LogP contribution in [0.3, 0.4) is 0 Å². The number of amides is 1. The van der Waals surface area contributed by atoms with Crippen LogP contribution in [0.1, 0.15) is 24.8 Å². The van der Waals surface area contributed by atoms with Crippen LogP contribution >= 0.6 is 24.0 Å². The molecule has 0 bridgehead atoms. The zero-order valence-corrected chi connectivity index (χ0v) is 17.7. The molecule has 25 heavy (non-hydrogen) atoms. The minimum absolute atomic E-state index is 0. The van der Waals surface area contributed by atoms with Crippen LogP contribution in [0.25, 0.3) is 6.08 Å². The van der Waals surface area contributed by atoms with Crippen molar-refractivity contribution in [2.24, 2.45) is 4.99 Å². The summed E-state index contributed by atoms with van der Waals surface area (Å²) in [7, 11) is 5.36. The summed E-state index contributed by atoms with van der Waals surface area (Å²) in [6.07, 6.45) is 4.88. The smallest absolute Gasteiger partial charge is 0.223 e. The van der Waals surface area contributed by atoms with E-state index >= 15 is 0 Å². The molecule has 0 aromatic heterocycles. The molecule has 1 aliphatic heterocycles. The maximum Gasteiger partial charge on any atom is 0.223 e. The number of guanidine groups is 1. The van der Waals surface area contributed by atoms with E-state index in [1.165, 1.54) is 11.1 Å². The number of rotatable bonds is 4. The molecule has 1 aromatic rings. The second kappa shape index (κ2) is 11.1. The molecule has 0 unspecified atom stereocenters.